The highest BCUT2D eigenvalue weighted by Crippen LogP contribution is 2.23. The van der Waals surface area contributed by atoms with E-state index in [2.05, 4.69) is 25.6 Å². The quantitative estimate of drug-likeness (QED) is 0.811. The van der Waals surface area contributed by atoms with Gasteiger partial charge in [-0.25, -0.2) is 17.8 Å². The van der Waals surface area contributed by atoms with Gasteiger partial charge in [0, 0.05) is 5.38 Å². The van der Waals surface area contributed by atoms with Gasteiger partial charge in [0.15, 0.2) is 5.13 Å². The van der Waals surface area contributed by atoms with Crippen LogP contribution in [0.5, 0.6) is 0 Å². The van der Waals surface area contributed by atoms with Crippen LogP contribution in [0, 0.1) is 5.82 Å². The van der Waals surface area contributed by atoms with Crippen molar-refractivity contribution in [2.45, 2.75) is 11.3 Å². The molecule has 2 N–H and O–H groups in total. The lowest BCUT2D eigenvalue weighted by molar-refractivity contribution is -0.136. The Morgan fingerprint density at radius 2 is 2.19 bits per heavy atom. The van der Waals surface area contributed by atoms with Gasteiger partial charge < -0.3 is 5.11 Å². The number of halogens is 2. The molecule has 0 unspecified atom stereocenters. The third kappa shape index (κ3) is 3.99. The highest BCUT2D eigenvalue weighted by atomic mass is 79.9. The van der Waals surface area contributed by atoms with E-state index in [4.69, 9.17) is 5.11 Å². The Morgan fingerprint density at radius 1 is 1.48 bits per heavy atom. The van der Waals surface area contributed by atoms with Crippen LogP contribution in [-0.4, -0.2) is 24.5 Å². The molecule has 1 aromatic heterocycles. The summed E-state index contributed by atoms with van der Waals surface area (Å²) in [7, 11) is -3.98. The molecule has 0 radical (unpaired) electrons. The standard InChI is InChI=1S/C11H8BrFN2O4S2/c12-8-2-1-7(4-9(8)13)21(18,19)15-11-14-6(5-20-11)3-10(16)17/h1-2,4-5H,3H2,(H,14,15)(H,16,17). The summed E-state index contributed by atoms with van der Waals surface area (Å²) < 4.78 is 39.8. The molecule has 21 heavy (non-hydrogen) atoms. The molecule has 0 spiro atoms. The topological polar surface area (TPSA) is 96.4 Å². The van der Waals surface area contributed by atoms with Crippen LogP contribution in [0.3, 0.4) is 0 Å². The van der Waals surface area contributed by atoms with E-state index in [0.29, 0.717) is 0 Å². The summed E-state index contributed by atoms with van der Waals surface area (Å²) >= 11 is 3.89. The maximum absolute atomic E-state index is 13.4. The predicted molar refractivity (Wildman–Crippen MR) is 78.4 cm³/mol. The number of aliphatic carboxylic acids is 1. The van der Waals surface area contributed by atoms with E-state index in [1.165, 1.54) is 17.5 Å². The lowest BCUT2D eigenvalue weighted by atomic mass is 10.3. The van der Waals surface area contributed by atoms with Crippen molar-refractivity contribution in [1.29, 1.82) is 0 Å². The Balaban J connectivity index is 2.22. The SMILES string of the molecule is O=C(O)Cc1csc(NS(=O)(=O)c2ccc(Br)c(F)c2)n1. The molecule has 0 fully saturated rings. The minimum Gasteiger partial charge on any atom is -0.481 e. The molecule has 0 saturated heterocycles. The van der Waals surface area contributed by atoms with Crippen molar-refractivity contribution in [1.82, 2.24) is 4.98 Å². The van der Waals surface area contributed by atoms with Gasteiger partial charge in [-0.15, -0.1) is 11.3 Å². The van der Waals surface area contributed by atoms with Gasteiger partial charge in [0.1, 0.15) is 5.82 Å². The van der Waals surface area contributed by atoms with Crippen molar-refractivity contribution in [3.8, 4) is 0 Å². The Bertz CT molecular complexity index is 791. The molecule has 0 aliphatic rings. The fourth-order valence-electron chi connectivity index (χ4n) is 1.41. The number of sulfonamides is 1. The lowest BCUT2D eigenvalue weighted by Gasteiger charge is -2.05. The van der Waals surface area contributed by atoms with E-state index in [-0.39, 0.29) is 26.6 Å². The van der Waals surface area contributed by atoms with Crippen molar-refractivity contribution in [3.05, 3.63) is 39.6 Å². The number of carboxylic acids is 1. The summed E-state index contributed by atoms with van der Waals surface area (Å²) in [5.74, 6) is -1.77. The van der Waals surface area contributed by atoms with E-state index in [0.717, 1.165) is 17.4 Å². The molecule has 2 rings (SSSR count). The zero-order chi connectivity index (χ0) is 15.6. The summed E-state index contributed by atoms with van der Waals surface area (Å²) in [4.78, 5) is 14.1. The van der Waals surface area contributed by atoms with E-state index < -0.39 is 21.8 Å². The highest BCUT2D eigenvalue weighted by molar-refractivity contribution is 9.10. The monoisotopic (exact) mass is 394 g/mol. The molecular weight excluding hydrogens is 387 g/mol. The lowest BCUT2D eigenvalue weighted by Crippen LogP contribution is -2.13. The second-order valence-corrected chi connectivity index (χ2v) is 7.29. The Morgan fingerprint density at radius 3 is 2.81 bits per heavy atom. The van der Waals surface area contributed by atoms with Crippen molar-refractivity contribution >= 4 is 48.4 Å². The average Bonchev–Trinajstić information content (AvgIpc) is 2.78. The number of nitrogens with one attached hydrogen (secondary N) is 1. The third-order valence-corrected chi connectivity index (χ3v) is 5.22. The van der Waals surface area contributed by atoms with Crippen LogP contribution in [0.25, 0.3) is 0 Å². The van der Waals surface area contributed by atoms with E-state index in [1.54, 1.807) is 0 Å². The molecule has 6 nitrogen and oxygen atoms in total. The van der Waals surface area contributed by atoms with Gasteiger partial charge in [0.25, 0.3) is 10.0 Å². The molecule has 0 amide bonds. The Kier molecular flexibility index (Phi) is 4.59. The van der Waals surface area contributed by atoms with Crippen molar-refractivity contribution < 1.29 is 22.7 Å². The van der Waals surface area contributed by atoms with Gasteiger partial charge in [-0.3, -0.25) is 9.52 Å². The van der Waals surface area contributed by atoms with Gasteiger partial charge in [-0.2, -0.15) is 0 Å². The summed E-state index contributed by atoms with van der Waals surface area (Å²) in [5.41, 5.74) is 0.243. The number of anilines is 1. The smallest absolute Gasteiger partial charge is 0.309 e. The number of hydrogen-bond donors (Lipinski definition) is 2. The van der Waals surface area contributed by atoms with Crippen LogP contribution in [-0.2, 0) is 21.2 Å². The predicted octanol–water partition coefficient (Wildman–Crippen LogP) is 2.47. The zero-order valence-corrected chi connectivity index (χ0v) is 13.4. The first-order valence-corrected chi connectivity index (χ1v) is 8.57. The molecular formula is C11H8BrFN2O4S2. The maximum Gasteiger partial charge on any atom is 0.309 e. The fraction of sp³-hybridized carbons (Fsp3) is 0.0909. The van der Waals surface area contributed by atoms with Crippen LogP contribution < -0.4 is 4.72 Å². The second kappa shape index (κ2) is 6.08. The van der Waals surface area contributed by atoms with Crippen LogP contribution >= 0.6 is 27.3 Å². The number of thiazole rings is 1. The van der Waals surface area contributed by atoms with Gasteiger partial charge in [-0.1, -0.05) is 0 Å². The largest absolute Gasteiger partial charge is 0.481 e. The molecule has 0 bridgehead atoms. The van der Waals surface area contributed by atoms with Crippen LogP contribution in [0.15, 0.2) is 32.9 Å². The first-order chi connectivity index (χ1) is 9.78. The van der Waals surface area contributed by atoms with Crippen LogP contribution in [0.2, 0.25) is 0 Å². The molecule has 0 saturated carbocycles. The highest BCUT2D eigenvalue weighted by Gasteiger charge is 2.18. The zero-order valence-electron chi connectivity index (χ0n) is 10.2. The van der Waals surface area contributed by atoms with Gasteiger partial charge >= 0.3 is 5.97 Å². The second-order valence-electron chi connectivity index (χ2n) is 3.90. The first kappa shape index (κ1) is 15.9. The fourth-order valence-corrected chi connectivity index (χ4v) is 3.63. The minimum atomic E-state index is -3.98. The number of aromatic nitrogens is 1. The molecule has 0 aliphatic heterocycles. The van der Waals surface area contributed by atoms with E-state index in [1.807, 2.05) is 0 Å². The number of carbonyl (C=O) groups is 1. The van der Waals surface area contributed by atoms with Crippen molar-refractivity contribution in [3.63, 3.8) is 0 Å². The van der Waals surface area contributed by atoms with Crippen LogP contribution in [0.4, 0.5) is 9.52 Å². The molecule has 1 aromatic carbocycles. The van der Waals surface area contributed by atoms with Gasteiger partial charge in [-0.05, 0) is 34.1 Å². The van der Waals surface area contributed by atoms with Crippen molar-refractivity contribution in [2.24, 2.45) is 0 Å². The average molecular weight is 395 g/mol. The first-order valence-electron chi connectivity index (χ1n) is 5.42. The van der Waals surface area contributed by atoms with E-state index >= 15 is 0 Å². The summed E-state index contributed by atoms with van der Waals surface area (Å²) in [6.45, 7) is 0. The minimum absolute atomic E-state index is 0.0228. The Labute approximate surface area is 131 Å². The molecule has 112 valence electrons. The third-order valence-electron chi connectivity index (χ3n) is 2.31. The molecule has 1 heterocycles. The number of benzene rings is 1. The number of rotatable bonds is 5. The maximum atomic E-state index is 13.4. The number of nitrogens with zero attached hydrogens (tertiary/aromatic N) is 1. The summed E-state index contributed by atoms with van der Waals surface area (Å²) in [6.07, 6.45) is -0.300. The van der Waals surface area contributed by atoms with Gasteiger partial charge in [0.2, 0.25) is 0 Å². The number of carboxylic acid groups (broad SMARTS) is 1. The normalized spacial score (nSPS) is 11.3. The molecule has 2 aromatic rings. The molecule has 0 aliphatic carbocycles. The van der Waals surface area contributed by atoms with E-state index in [9.17, 15) is 17.6 Å². The Hall–Kier alpha value is -1.52. The summed E-state index contributed by atoms with van der Waals surface area (Å²) in [6, 6.07) is 3.39. The van der Waals surface area contributed by atoms with Gasteiger partial charge in [0.05, 0.1) is 21.5 Å². The van der Waals surface area contributed by atoms with Crippen LogP contribution in [0.1, 0.15) is 5.69 Å². The molecule has 0 atom stereocenters. The van der Waals surface area contributed by atoms with Crippen molar-refractivity contribution in [2.75, 3.05) is 4.72 Å². The molecule has 10 heteroatoms. The number of hydrogen-bond acceptors (Lipinski definition) is 5. The summed E-state index contributed by atoms with van der Waals surface area (Å²) in [5, 5.41) is 10.1.